The third-order valence-corrected chi connectivity index (χ3v) is 8.57. The number of alkyl halides is 3. The van der Waals surface area contributed by atoms with E-state index in [9.17, 15) is 36.1 Å². The number of hydrogen-bond donors (Lipinski definition) is 2. The number of amides is 3. The van der Waals surface area contributed by atoms with E-state index in [1.54, 1.807) is 0 Å². The van der Waals surface area contributed by atoms with Crippen molar-refractivity contribution in [3.05, 3.63) is 86.9 Å². The summed E-state index contributed by atoms with van der Waals surface area (Å²) in [5, 5.41) is 5.75. The SMILES string of the molecule is CP(C)(=O)c1cc(NC(=O)c2cc(F)cc(C(F)(F)F)c2)c2c3c1CCN3C(=O)NC2c1cc(F)ccc1Cl. The molecule has 2 N–H and O–H groups in total. The first-order valence-electron chi connectivity index (χ1n) is 11.6. The van der Waals surface area contributed by atoms with Crippen LogP contribution in [0.2, 0.25) is 5.02 Å². The average molecular weight is 584 g/mol. The first-order chi connectivity index (χ1) is 18.1. The second kappa shape index (κ2) is 9.34. The standard InChI is InChI=1S/C26H20ClF5N3O3P/c1-39(2,38)20-11-19(33-24(36)12-7-13(26(30,31)32)9-15(29)8-12)21-22(17-10-14(28)3-4-18(17)27)34-25(37)35-6-5-16(20)23(21)35/h3-4,7-11,22H,5-6H2,1-2H3,(H,33,36)(H,34,37). The number of urea groups is 1. The number of nitrogens with one attached hydrogen (secondary N) is 2. The van der Waals surface area contributed by atoms with Crippen LogP contribution in [0.4, 0.5) is 38.1 Å². The van der Waals surface area contributed by atoms with E-state index >= 15 is 0 Å². The zero-order chi connectivity index (χ0) is 28.4. The summed E-state index contributed by atoms with van der Waals surface area (Å²) in [6, 6.07) is 4.84. The summed E-state index contributed by atoms with van der Waals surface area (Å²) in [7, 11) is -3.01. The number of nitrogens with zero attached hydrogens (tertiary/aromatic N) is 1. The molecule has 0 saturated heterocycles. The number of benzene rings is 3. The maximum Gasteiger partial charge on any atom is 0.416 e. The number of halogens is 6. The molecule has 0 spiro atoms. The Morgan fingerprint density at radius 3 is 2.49 bits per heavy atom. The molecule has 0 aromatic heterocycles. The minimum absolute atomic E-state index is 0.00715. The molecule has 6 nitrogen and oxygen atoms in total. The number of carbonyl (C=O) groups is 2. The molecule has 0 saturated carbocycles. The Hall–Kier alpha value is -3.43. The van der Waals surface area contributed by atoms with Gasteiger partial charge in [-0.2, -0.15) is 13.2 Å². The fraction of sp³-hybridized carbons (Fsp3) is 0.231. The highest BCUT2D eigenvalue weighted by atomic mass is 35.5. The van der Waals surface area contributed by atoms with Crippen molar-refractivity contribution in [1.82, 2.24) is 5.32 Å². The Labute approximate surface area is 224 Å². The van der Waals surface area contributed by atoms with Gasteiger partial charge in [-0.1, -0.05) is 11.6 Å². The Kier molecular flexibility index (Phi) is 6.50. The van der Waals surface area contributed by atoms with Gasteiger partial charge in [0.1, 0.15) is 18.8 Å². The highest BCUT2D eigenvalue weighted by Gasteiger charge is 2.42. The quantitative estimate of drug-likeness (QED) is 0.279. The van der Waals surface area contributed by atoms with Gasteiger partial charge in [0.2, 0.25) is 0 Å². The third-order valence-electron chi connectivity index (χ3n) is 6.66. The summed E-state index contributed by atoms with van der Waals surface area (Å²) >= 11 is 6.36. The van der Waals surface area contributed by atoms with Gasteiger partial charge in [-0.3, -0.25) is 9.69 Å². The molecule has 3 aromatic rings. The van der Waals surface area contributed by atoms with Crippen LogP contribution in [0.1, 0.15) is 38.7 Å². The Bertz CT molecular complexity index is 1600. The maximum absolute atomic E-state index is 14.3. The van der Waals surface area contributed by atoms with Crippen LogP contribution in [0, 0.1) is 11.6 Å². The number of rotatable bonds is 4. The van der Waals surface area contributed by atoms with E-state index < -0.39 is 54.1 Å². The van der Waals surface area contributed by atoms with Crippen molar-refractivity contribution in [3.8, 4) is 0 Å². The van der Waals surface area contributed by atoms with Gasteiger partial charge in [0.25, 0.3) is 5.91 Å². The van der Waals surface area contributed by atoms with E-state index in [1.165, 1.54) is 30.4 Å². The molecule has 1 atom stereocenters. The van der Waals surface area contributed by atoms with Crippen molar-refractivity contribution in [2.45, 2.75) is 18.6 Å². The average Bonchev–Trinajstić information content (AvgIpc) is 3.27. The number of hydrogen-bond acceptors (Lipinski definition) is 3. The lowest BCUT2D eigenvalue weighted by Crippen LogP contribution is -2.46. The van der Waals surface area contributed by atoms with Gasteiger partial charge in [-0.05, 0) is 67.8 Å². The normalized spacial score (nSPS) is 16.7. The summed E-state index contributed by atoms with van der Waals surface area (Å²) in [6.45, 7) is 3.25. The van der Waals surface area contributed by atoms with Gasteiger partial charge in [-0.25, -0.2) is 13.6 Å². The molecule has 0 aliphatic carbocycles. The molecule has 2 aliphatic rings. The van der Waals surface area contributed by atoms with Crippen LogP contribution in [-0.2, 0) is 17.2 Å². The molecule has 3 amide bonds. The van der Waals surface area contributed by atoms with Gasteiger partial charge in [0.15, 0.2) is 0 Å². The van der Waals surface area contributed by atoms with Crippen molar-refractivity contribution in [1.29, 1.82) is 0 Å². The molecule has 204 valence electrons. The summed E-state index contributed by atoms with van der Waals surface area (Å²) < 4.78 is 81.4. The lowest BCUT2D eigenvalue weighted by atomic mass is 9.91. The fourth-order valence-corrected chi connectivity index (χ4v) is 6.54. The lowest BCUT2D eigenvalue weighted by molar-refractivity contribution is -0.137. The smallest absolute Gasteiger partial charge is 0.327 e. The molecule has 1 unspecified atom stereocenters. The van der Waals surface area contributed by atoms with Crippen molar-refractivity contribution in [3.63, 3.8) is 0 Å². The molecule has 2 aliphatic heterocycles. The van der Waals surface area contributed by atoms with Gasteiger partial charge >= 0.3 is 12.2 Å². The first kappa shape index (κ1) is 27.1. The fourth-order valence-electron chi connectivity index (χ4n) is 5.00. The first-order valence-corrected chi connectivity index (χ1v) is 14.6. The lowest BCUT2D eigenvalue weighted by Gasteiger charge is -2.35. The van der Waals surface area contributed by atoms with Crippen molar-refractivity contribution in [2.75, 3.05) is 30.1 Å². The Morgan fingerprint density at radius 1 is 1.10 bits per heavy atom. The molecule has 39 heavy (non-hydrogen) atoms. The molecule has 5 rings (SSSR count). The summed E-state index contributed by atoms with van der Waals surface area (Å²) in [5.41, 5.74) is -0.531. The monoisotopic (exact) mass is 583 g/mol. The Morgan fingerprint density at radius 2 is 1.82 bits per heavy atom. The van der Waals surface area contributed by atoms with Gasteiger partial charge in [0.05, 0.1) is 17.3 Å². The highest BCUT2D eigenvalue weighted by Crippen LogP contribution is 2.50. The molecule has 13 heteroatoms. The van der Waals surface area contributed by atoms with Crippen LogP contribution in [0.25, 0.3) is 0 Å². The maximum atomic E-state index is 14.3. The summed E-state index contributed by atoms with van der Waals surface area (Å²) in [6.07, 6.45) is -4.54. The second-order valence-corrected chi connectivity index (χ2v) is 13.3. The van der Waals surface area contributed by atoms with E-state index in [4.69, 9.17) is 11.6 Å². The van der Waals surface area contributed by atoms with Gasteiger partial charge in [-0.15, -0.1) is 0 Å². The van der Waals surface area contributed by atoms with Crippen LogP contribution in [0.3, 0.4) is 0 Å². The predicted molar refractivity (Wildman–Crippen MR) is 138 cm³/mol. The zero-order valence-electron chi connectivity index (χ0n) is 20.4. The van der Waals surface area contributed by atoms with E-state index in [2.05, 4.69) is 10.6 Å². The van der Waals surface area contributed by atoms with Crippen LogP contribution in [0.5, 0.6) is 0 Å². The third kappa shape index (κ3) is 4.89. The molecule has 3 aromatic carbocycles. The van der Waals surface area contributed by atoms with E-state index in [-0.39, 0.29) is 34.4 Å². The van der Waals surface area contributed by atoms with Crippen LogP contribution in [-0.4, -0.2) is 31.8 Å². The Balaban J connectivity index is 1.72. The molecule has 0 fully saturated rings. The number of carbonyl (C=O) groups excluding carboxylic acids is 2. The minimum atomic E-state index is -4.90. The number of anilines is 2. The van der Waals surface area contributed by atoms with E-state index in [0.717, 1.165) is 12.1 Å². The van der Waals surface area contributed by atoms with Crippen molar-refractivity contribution in [2.24, 2.45) is 0 Å². The van der Waals surface area contributed by atoms with Crippen molar-refractivity contribution < 1.29 is 36.1 Å². The van der Waals surface area contributed by atoms with Gasteiger partial charge in [0, 0.05) is 39.2 Å². The van der Waals surface area contributed by atoms with E-state index in [0.29, 0.717) is 35.1 Å². The minimum Gasteiger partial charge on any atom is -0.327 e. The van der Waals surface area contributed by atoms with Crippen LogP contribution in [0.15, 0.2) is 42.5 Å². The van der Waals surface area contributed by atoms with Crippen LogP contribution >= 0.6 is 18.7 Å². The predicted octanol–water partition coefficient (Wildman–Crippen LogP) is 6.31. The highest BCUT2D eigenvalue weighted by molar-refractivity contribution is 7.70. The van der Waals surface area contributed by atoms with Gasteiger partial charge < -0.3 is 15.2 Å². The van der Waals surface area contributed by atoms with Crippen LogP contribution < -0.4 is 20.8 Å². The largest absolute Gasteiger partial charge is 0.416 e. The zero-order valence-corrected chi connectivity index (χ0v) is 22.1. The molecule has 0 bridgehead atoms. The molecular weight excluding hydrogens is 564 g/mol. The molecular formula is C26H20ClF5N3O3P. The molecule has 0 radical (unpaired) electrons. The summed E-state index contributed by atoms with van der Waals surface area (Å²) in [5.74, 6) is -2.98. The second-order valence-electron chi connectivity index (χ2n) is 9.67. The summed E-state index contributed by atoms with van der Waals surface area (Å²) in [4.78, 5) is 27.7. The van der Waals surface area contributed by atoms with Crippen molar-refractivity contribution >= 4 is 47.4 Å². The molecule has 2 heterocycles. The topological polar surface area (TPSA) is 78.5 Å². The van der Waals surface area contributed by atoms with E-state index in [1.807, 2.05) is 0 Å².